The molecule has 0 aromatic heterocycles. The Morgan fingerprint density at radius 1 is 1.19 bits per heavy atom. The highest BCUT2D eigenvalue weighted by molar-refractivity contribution is 7.89. The van der Waals surface area contributed by atoms with Crippen LogP contribution >= 0.6 is 0 Å². The van der Waals surface area contributed by atoms with E-state index < -0.39 is 10.0 Å². The normalized spacial score (nSPS) is 24.4. The zero-order chi connectivity index (χ0) is 15.8. The molecule has 21 heavy (non-hydrogen) atoms. The molecule has 0 aliphatic carbocycles. The van der Waals surface area contributed by atoms with Gasteiger partial charge in [0.05, 0.1) is 4.90 Å². The van der Waals surface area contributed by atoms with Crippen LogP contribution in [-0.2, 0) is 10.0 Å². The van der Waals surface area contributed by atoms with E-state index in [1.165, 1.54) is 0 Å². The van der Waals surface area contributed by atoms with Crippen molar-refractivity contribution in [2.45, 2.75) is 63.6 Å². The molecule has 1 N–H and O–H groups in total. The Hall–Kier alpha value is -0.910. The maximum absolute atomic E-state index is 12.8. The molecule has 1 aromatic rings. The summed E-state index contributed by atoms with van der Waals surface area (Å²) in [6, 6.07) is 7.25. The zero-order valence-corrected chi connectivity index (χ0v) is 14.4. The third-order valence-electron chi connectivity index (χ3n) is 3.94. The standard InChI is InChI=1S/C16H26N2O2S/c1-12-6-8-14(9-7-12)21(19,20)18-11-10-15(13(18)2)17-16(3,4)5/h6-9,13,15,17H,10-11H2,1-5H3/t13-,15+/m0/s1. The van der Waals surface area contributed by atoms with Crippen LogP contribution in [0, 0.1) is 6.92 Å². The number of hydrogen-bond donors (Lipinski definition) is 1. The summed E-state index contributed by atoms with van der Waals surface area (Å²) in [5, 5.41) is 3.52. The third-order valence-corrected chi connectivity index (χ3v) is 5.94. The van der Waals surface area contributed by atoms with Gasteiger partial charge in [0.15, 0.2) is 0 Å². The van der Waals surface area contributed by atoms with E-state index in [-0.39, 0.29) is 17.6 Å². The smallest absolute Gasteiger partial charge is 0.243 e. The van der Waals surface area contributed by atoms with E-state index in [4.69, 9.17) is 0 Å². The molecule has 1 heterocycles. The highest BCUT2D eigenvalue weighted by atomic mass is 32.2. The molecule has 1 aromatic carbocycles. The molecule has 5 heteroatoms. The number of sulfonamides is 1. The van der Waals surface area contributed by atoms with Gasteiger partial charge in [-0.05, 0) is 53.2 Å². The Kier molecular flexibility index (Phi) is 4.47. The molecule has 118 valence electrons. The predicted molar refractivity (Wildman–Crippen MR) is 85.8 cm³/mol. The number of nitrogens with one attached hydrogen (secondary N) is 1. The SMILES string of the molecule is Cc1ccc(S(=O)(=O)N2CC[C@@H](NC(C)(C)C)[C@@H]2C)cc1. The number of benzene rings is 1. The van der Waals surface area contributed by atoms with E-state index in [9.17, 15) is 8.42 Å². The van der Waals surface area contributed by atoms with Gasteiger partial charge in [-0.15, -0.1) is 0 Å². The first-order valence-corrected chi connectivity index (χ1v) is 8.91. The second kappa shape index (κ2) is 5.71. The molecule has 0 spiro atoms. The predicted octanol–water partition coefficient (Wildman–Crippen LogP) is 2.53. The van der Waals surface area contributed by atoms with Gasteiger partial charge in [0.25, 0.3) is 0 Å². The fourth-order valence-electron chi connectivity index (χ4n) is 2.85. The lowest BCUT2D eigenvalue weighted by molar-refractivity contribution is 0.309. The summed E-state index contributed by atoms with van der Waals surface area (Å²) in [6.07, 6.45) is 0.851. The quantitative estimate of drug-likeness (QED) is 0.933. The van der Waals surface area contributed by atoms with E-state index >= 15 is 0 Å². The maximum Gasteiger partial charge on any atom is 0.243 e. The Morgan fingerprint density at radius 3 is 2.29 bits per heavy atom. The van der Waals surface area contributed by atoms with Gasteiger partial charge in [-0.2, -0.15) is 4.31 Å². The minimum Gasteiger partial charge on any atom is -0.308 e. The van der Waals surface area contributed by atoms with E-state index in [0.29, 0.717) is 11.4 Å². The van der Waals surface area contributed by atoms with Crippen molar-refractivity contribution in [3.63, 3.8) is 0 Å². The van der Waals surface area contributed by atoms with Crippen molar-refractivity contribution in [3.8, 4) is 0 Å². The van der Waals surface area contributed by atoms with Gasteiger partial charge in [-0.3, -0.25) is 0 Å². The molecular weight excluding hydrogens is 284 g/mol. The first-order chi connectivity index (χ1) is 9.61. The number of rotatable bonds is 3. The molecule has 2 rings (SSSR count). The molecule has 2 atom stereocenters. The topological polar surface area (TPSA) is 49.4 Å². The van der Waals surface area contributed by atoms with Crippen LogP contribution < -0.4 is 5.32 Å². The fourth-order valence-corrected chi connectivity index (χ4v) is 4.53. The Morgan fingerprint density at radius 2 is 1.76 bits per heavy atom. The lowest BCUT2D eigenvalue weighted by atomic mass is 10.0. The van der Waals surface area contributed by atoms with Crippen LogP contribution in [0.2, 0.25) is 0 Å². The maximum atomic E-state index is 12.8. The monoisotopic (exact) mass is 310 g/mol. The van der Waals surface area contributed by atoms with E-state index in [2.05, 4.69) is 26.1 Å². The van der Waals surface area contributed by atoms with Crippen molar-refractivity contribution in [1.82, 2.24) is 9.62 Å². The molecular formula is C16H26N2O2S. The highest BCUT2D eigenvalue weighted by Crippen LogP contribution is 2.27. The summed E-state index contributed by atoms with van der Waals surface area (Å²) >= 11 is 0. The van der Waals surface area contributed by atoms with Crippen LogP contribution in [0.1, 0.15) is 39.7 Å². The molecule has 0 radical (unpaired) electrons. The van der Waals surface area contributed by atoms with Crippen molar-refractivity contribution in [2.75, 3.05) is 6.54 Å². The van der Waals surface area contributed by atoms with E-state index in [0.717, 1.165) is 12.0 Å². The van der Waals surface area contributed by atoms with Crippen LogP contribution in [0.15, 0.2) is 29.2 Å². The minimum absolute atomic E-state index is 0.0114. The van der Waals surface area contributed by atoms with Crippen molar-refractivity contribution >= 4 is 10.0 Å². The van der Waals surface area contributed by atoms with Gasteiger partial charge >= 0.3 is 0 Å². The summed E-state index contributed by atoms with van der Waals surface area (Å²) in [4.78, 5) is 0.386. The summed E-state index contributed by atoms with van der Waals surface area (Å²) < 4.78 is 27.2. The van der Waals surface area contributed by atoms with Gasteiger partial charge < -0.3 is 5.32 Å². The largest absolute Gasteiger partial charge is 0.308 e. The fraction of sp³-hybridized carbons (Fsp3) is 0.625. The Balaban J connectivity index is 2.20. The molecule has 0 unspecified atom stereocenters. The molecule has 0 amide bonds. The molecule has 1 aliphatic rings. The first-order valence-electron chi connectivity index (χ1n) is 7.47. The second-order valence-corrected chi connectivity index (χ2v) is 8.85. The van der Waals surface area contributed by atoms with Crippen molar-refractivity contribution in [3.05, 3.63) is 29.8 Å². The van der Waals surface area contributed by atoms with E-state index in [1.54, 1.807) is 16.4 Å². The average Bonchev–Trinajstić information content (AvgIpc) is 2.70. The van der Waals surface area contributed by atoms with Crippen LogP contribution in [0.4, 0.5) is 0 Å². The van der Waals surface area contributed by atoms with Crippen molar-refractivity contribution in [1.29, 1.82) is 0 Å². The lowest BCUT2D eigenvalue weighted by Gasteiger charge is -2.30. The second-order valence-electron chi connectivity index (χ2n) is 6.96. The summed E-state index contributed by atoms with van der Waals surface area (Å²) in [7, 11) is -3.40. The number of hydrogen-bond acceptors (Lipinski definition) is 3. The zero-order valence-electron chi connectivity index (χ0n) is 13.6. The molecule has 1 saturated heterocycles. The molecule has 0 saturated carbocycles. The van der Waals surface area contributed by atoms with Crippen molar-refractivity contribution in [2.24, 2.45) is 0 Å². The Bertz CT molecular complexity index is 588. The average molecular weight is 310 g/mol. The van der Waals surface area contributed by atoms with Gasteiger partial charge in [-0.1, -0.05) is 17.7 Å². The lowest BCUT2D eigenvalue weighted by Crippen LogP contribution is -2.49. The van der Waals surface area contributed by atoms with Gasteiger partial charge in [-0.25, -0.2) is 8.42 Å². The molecule has 0 bridgehead atoms. The molecule has 4 nitrogen and oxygen atoms in total. The summed E-state index contributed by atoms with van der Waals surface area (Å²) in [5.74, 6) is 0. The van der Waals surface area contributed by atoms with E-state index in [1.807, 2.05) is 26.0 Å². The van der Waals surface area contributed by atoms with Gasteiger partial charge in [0, 0.05) is 24.2 Å². The molecule has 1 fully saturated rings. The Labute approximate surface area is 128 Å². The van der Waals surface area contributed by atoms with Gasteiger partial charge in [0.2, 0.25) is 10.0 Å². The van der Waals surface area contributed by atoms with Crippen LogP contribution in [0.25, 0.3) is 0 Å². The summed E-state index contributed by atoms with van der Waals surface area (Å²) in [5.41, 5.74) is 1.05. The minimum atomic E-state index is -3.40. The van der Waals surface area contributed by atoms with Crippen molar-refractivity contribution < 1.29 is 8.42 Å². The molecule has 1 aliphatic heterocycles. The van der Waals surface area contributed by atoms with Gasteiger partial charge in [0.1, 0.15) is 0 Å². The summed E-state index contributed by atoms with van der Waals surface area (Å²) in [6.45, 7) is 10.8. The first kappa shape index (κ1) is 16.5. The van der Waals surface area contributed by atoms with Crippen LogP contribution in [0.3, 0.4) is 0 Å². The highest BCUT2D eigenvalue weighted by Gasteiger charge is 2.39. The number of nitrogens with zero attached hydrogens (tertiary/aromatic N) is 1. The van der Waals surface area contributed by atoms with Crippen LogP contribution in [0.5, 0.6) is 0 Å². The number of aryl methyl sites for hydroxylation is 1. The third kappa shape index (κ3) is 3.65. The van der Waals surface area contributed by atoms with Crippen LogP contribution in [-0.4, -0.2) is 36.9 Å².